The normalized spacial score (nSPS) is 20.0. The Morgan fingerprint density at radius 1 is 1.19 bits per heavy atom. The van der Waals surface area contributed by atoms with E-state index in [-0.39, 0.29) is 17.7 Å². The van der Waals surface area contributed by atoms with E-state index in [9.17, 15) is 18.0 Å². The standard InChI is InChI=1S/C24H38F3N3O2/c1-9-11-12-28-18(4)21(20(10-2)15-24(25,26)27)19(5)29-13-14-30(17(3)16-29)22(31)32-23(6,7)8/h10-12,17H,9,13-16H2,1-8H3/b12-11+,20-10-,21-19-,28-18+. The number of alkyl halides is 3. The maximum atomic E-state index is 13.3. The van der Waals surface area contributed by atoms with E-state index < -0.39 is 18.2 Å². The van der Waals surface area contributed by atoms with Crippen molar-refractivity contribution in [1.82, 2.24) is 9.80 Å². The molecule has 0 saturated carbocycles. The fourth-order valence-electron chi connectivity index (χ4n) is 3.62. The minimum Gasteiger partial charge on any atom is -0.444 e. The SMILES string of the molecule is C\C=C(CC(F)(F)F)/C(C(/C)=N/C=C/CC)=C(/C)N1CCN(C(=O)OC(C)(C)C)C(C)C1. The summed E-state index contributed by atoms with van der Waals surface area (Å²) >= 11 is 0. The lowest BCUT2D eigenvalue weighted by atomic mass is 9.95. The number of hydrogen-bond acceptors (Lipinski definition) is 4. The van der Waals surface area contributed by atoms with Crippen LogP contribution in [0.1, 0.15) is 68.2 Å². The molecule has 5 nitrogen and oxygen atoms in total. The van der Waals surface area contributed by atoms with Gasteiger partial charge in [-0.2, -0.15) is 13.2 Å². The van der Waals surface area contributed by atoms with Crippen LogP contribution >= 0.6 is 0 Å². The average molecular weight is 458 g/mol. The van der Waals surface area contributed by atoms with Gasteiger partial charge in [-0.3, -0.25) is 4.99 Å². The summed E-state index contributed by atoms with van der Waals surface area (Å²) in [5, 5.41) is 0. The number of rotatable bonds is 6. The topological polar surface area (TPSA) is 45.1 Å². The maximum Gasteiger partial charge on any atom is 0.410 e. The zero-order valence-corrected chi connectivity index (χ0v) is 20.6. The minimum atomic E-state index is -4.32. The molecule has 0 radical (unpaired) electrons. The smallest absolute Gasteiger partial charge is 0.410 e. The lowest BCUT2D eigenvalue weighted by Gasteiger charge is -2.42. The zero-order valence-electron chi connectivity index (χ0n) is 20.6. The average Bonchev–Trinajstić information content (AvgIpc) is 2.64. The molecule has 0 spiro atoms. The van der Waals surface area contributed by atoms with Crippen LogP contribution in [0.4, 0.5) is 18.0 Å². The van der Waals surface area contributed by atoms with Crippen LogP contribution in [0.15, 0.2) is 40.2 Å². The Kier molecular flexibility index (Phi) is 10.0. The summed E-state index contributed by atoms with van der Waals surface area (Å²) in [5.74, 6) is 0. The van der Waals surface area contributed by atoms with Crippen LogP contribution in [0.2, 0.25) is 0 Å². The van der Waals surface area contributed by atoms with E-state index in [2.05, 4.69) is 4.99 Å². The largest absolute Gasteiger partial charge is 0.444 e. The van der Waals surface area contributed by atoms with Gasteiger partial charge in [-0.05, 0) is 60.5 Å². The van der Waals surface area contributed by atoms with Crippen molar-refractivity contribution < 1.29 is 22.7 Å². The summed E-state index contributed by atoms with van der Waals surface area (Å²) in [4.78, 5) is 20.6. The molecule has 0 aromatic heterocycles. The lowest BCUT2D eigenvalue weighted by molar-refractivity contribution is -0.126. The van der Waals surface area contributed by atoms with E-state index in [0.29, 0.717) is 30.9 Å². The molecule has 32 heavy (non-hydrogen) atoms. The highest BCUT2D eigenvalue weighted by atomic mass is 19.4. The van der Waals surface area contributed by atoms with Gasteiger partial charge in [0.25, 0.3) is 0 Å². The molecule has 1 rings (SSSR count). The first kappa shape index (κ1) is 27.8. The lowest BCUT2D eigenvalue weighted by Crippen LogP contribution is -2.54. The third-order valence-electron chi connectivity index (χ3n) is 5.12. The highest BCUT2D eigenvalue weighted by Crippen LogP contribution is 2.32. The molecule has 1 saturated heterocycles. The third-order valence-corrected chi connectivity index (χ3v) is 5.12. The number of allylic oxidation sites excluding steroid dienone is 5. The summed E-state index contributed by atoms with van der Waals surface area (Å²) in [6.07, 6.45) is 0.0702. The van der Waals surface area contributed by atoms with E-state index in [1.54, 1.807) is 24.9 Å². The molecule has 1 fully saturated rings. The fraction of sp³-hybridized carbons (Fsp3) is 0.667. The predicted octanol–water partition coefficient (Wildman–Crippen LogP) is 6.48. The van der Waals surface area contributed by atoms with Gasteiger partial charge in [0.2, 0.25) is 0 Å². The summed E-state index contributed by atoms with van der Waals surface area (Å²) in [6.45, 7) is 15.9. The van der Waals surface area contributed by atoms with Crippen LogP contribution < -0.4 is 0 Å². The summed E-state index contributed by atoms with van der Waals surface area (Å²) in [6, 6.07) is -0.149. The van der Waals surface area contributed by atoms with Gasteiger partial charge < -0.3 is 14.5 Å². The minimum absolute atomic E-state index is 0.149. The number of aliphatic imine (C=N–C) groups is 1. The van der Waals surface area contributed by atoms with Gasteiger partial charge in [-0.1, -0.05) is 19.1 Å². The van der Waals surface area contributed by atoms with E-state index in [1.165, 1.54) is 6.08 Å². The fourth-order valence-corrected chi connectivity index (χ4v) is 3.62. The van der Waals surface area contributed by atoms with Crippen molar-refractivity contribution in [3.63, 3.8) is 0 Å². The molecule has 8 heteroatoms. The Hall–Kier alpha value is -2.25. The van der Waals surface area contributed by atoms with Gasteiger partial charge in [0.1, 0.15) is 5.60 Å². The van der Waals surface area contributed by atoms with Gasteiger partial charge >= 0.3 is 12.3 Å². The molecule has 1 aliphatic heterocycles. The van der Waals surface area contributed by atoms with Crippen LogP contribution in [-0.4, -0.2) is 59.1 Å². The Labute approximate surface area is 190 Å². The van der Waals surface area contributed by atoms with Crippen LogP contribution in [-0.2, 0) is 4.74 Å². The van der Waals surface area contributed by atoms with Crippen LogP contribution in [0.5, 0.6) is 0 Å². The highest BCUT2D eigenvalue weighted by molar-refractivity contribution is 6.03. The second kappa shape index (κ2) is 11.6. The van der Waals surface area contributed by atoms with Crippen molar-refractivity contribution in [2.24, 2.45) is 4.99 Å². The third kappa shape index (κ3) is 8.71. The number of nitrogens with zero attached hydrogens (tertiary/aromatic N) is 3. The quantitative estimate of drug-likeness (QED) is 0.338. The summed E-state index contributed by atoms with van der Waals surface area (Å²) < 4.78 is 45.3. The number of halogens is 3. The molecule has 0 aliphatic carbocycles. The highest BCUT2D eigenvalue weighted by Gasteiger charge is 2.34. The van der Waals surface area contributed by atoms with E-state index in [4.69, 9.17) is 4.74 Å². The molecular formula is C24H38F3N3O2. The van der Waals surface area contributed by atoms with E-state index in [0.717, 1.165) is 12.1 Å². The van der Waals surface area contributed by atoms with Gasteiger partial charge in [0.15, 0.2) is 0 Å². The van der Waals surface area contributed by atoms with Crippen LogP contribution in [0.3, 0.4) is 0 Å². The molecular weight excluding hydrogens is 419 g/mol. The number of ether oxygens (including phenoxy) is 1. The van der Waals surface area contributed by atoms with Crippen molar-refractivity contribution in [3.05, 3.63) is 35.2 Å². The summed E-state index contributed by atoms with van der Waals surface area (Å²) in [7, 11) is 0. The first-order valence-electron chi connectivity index (χ1n) is 11.1. The number of piperazine rings is 1. The van der Waals surface area contributed by atoms with Gasteiger partial charge in [-0.25, -0.2) is 4.79 Å². The van der Waals surface area contributed by atoms with Gasteiger partial charge in [0, 0.05) is 48.9 Å². The zero-order chi connectivity index (χ0) is 24.7. The molecule has 1 aliphatic rings. The second-order valence-corrected chi connectivity index (χ2v) is 9.04. The van der Waals surface area contributed by atoms with Crippen LogP contribution in [0, 0.1) is 0 Å². The Balaban J connectivity index is 3.26. The van der Waals surface area contributed by atoms with Crippen molar-refractivity contribution in [3.8, 4) is 0 Å². The van der Waals surface area contributed by atoms with Gasteiger partial charge in [0.05, 0.1) is 6.42 Å². The first-order valence-corrected chi connectivity index (χ1v) is 11.1. The molecule has 0 aromatic carbocycles. The molecule has 1 unspecified atom stereocenters. The maximum absolute atomic E-state index is 13.3. The van der Waals surface area contributed by atoms with Crippen molar-refractivity contribution in [2.75, 3.05) is 19.6 Å². The van der Waals surface area contributed by atoms with Crippen molar-refractivity contribution >= 4 is 11.8 Å². The molecule has 1 atom stereocenters. The number of carbonyl (C=O) groups excluding carboxylic acids is 1. The summed E-state index contributed by atoms with van der Waals surface area (Å²) in [5.41, 5.74) is 1.37. The molecule has 1 heterocycles. The Morgan fingerprint density at radius 3 is 2.28 bits per heavy atom. The van der Waals surface area contributed by atoms with Crippen molar-refractivity contribution in [2.45, 2.75) is 86.1 Å². The van der Waals surface area contributed by atoms with E-state index in [1.807, 2.05) is 52.5 Å². The number of amides is 1. The predicted molar refractivity (Wildman–Crippen MR) is 124 cm³/mol. The monoisotopic (exact) mass is 457 g/mol. The van der Waals surface area contributed by atoms with Crippen molar-refractivity contribution in [1.29, 1.82) is 0 Å². The molecule has 0 aromatic rings. The second-order valence-electron chi connectivity index (χ2n) is 9.04. The van der Waals surface area contributed by atoms with E-state index >= 15 is 0 Å². The number of hydrogen-bond donors (Lipinski definition) is 0. The Morgan fingerprint density at radius 2 is 1.81 bits per heavy atom. The first-order chi connectivity index (χ1) is 14.7. The molecule has 0 N–H and O–H groups in total. The van der Waals surface area contributed by atoms with Gasteiger partial charge in [-0.15, -0.1) is 0 Å². The van der Waals surface area contributed by atoms with Crippen LogP contribution in [0.25, 0.3) is 0 Å². The molecule has 182 valence electrons. The molecule has 1 amide bonds. The number of carbonyl (C=O) groups is 1. The molecule has 0 bridgehead atoms. The Bertz CT molecular complexity index is 774.